The van der Waals surface area contributed by atoms with Crippen LogP contribution < -0.4 is 10.2 Å². The minimum atomic E-state index is -0.863. The number of hydrogen-bond acceptors (Lipinski definition) is 6. The van der Waals surface area contributed by atoms with E-state index in [-0.39, 0.29) is 17.2 Å². The molecule has 7 rings (SSSR count). The monoisotopic (exact) mass is 410 g/mol. The molecule has 2 bridgehead atoms. The van der Waals surface area contributed by atoms with E-state index in [1.807, 2.05) is 4.90 Å². The second kappa shape index (κ2) is 6.19. The number of carbonyl (C=O) groups is 1. The van der Waals surface area contributed by atoms with Crippen LogP contribution in [0.2, 0.25) is 0 Å². The molecule has 3 aliphatic carbocycles. The Labute approximate surface area is 176 Å². The zero-order valence-electron chi connectivity index (χ0n) is 17.6. The zero-order chi connectivity index (χ0) is 20.6. The molecule has 2 saturated heterocycles. The van der Waals surface area contributed by atoms with Crippen LogP contribution in [0.25, 0.3) is 0 Å². The average Bonchev–Trinajstić information content (AvgIpc) is 3.55. The lowest BCUT2D eigenvalue weighted by Gasteiger charge is -2.64. The van der Waals surface area contributed by atoms with Crippen molar-refractivity contribution in [2.45, 2.75) is 76.0 Å². The van der Waals surface area contributed by atoms with Gasteiger partial charge in [0.05, 0.1) is 12.2 Å². The number of hydrogen-bond donors (Lipinski definition) is 2. The number of nitrogens with one attached hydrogen (secondary N) is 1. The summed E-state index contributed by atoms with van der Waals surface area (Å²) in [7, 11) is 0. The van der Waals surface area contributed by atoms with Crippen LogP contribution in [0, 0.1) is 17.3 Å². The summed E-state index contributed by atoms with van der Waals surface area (Å²) < 4.78 is 6.69. The number of aliphatic hydroxyl groups excluding tert-OH is 1. The van der Waals surface area contributed by atoms with Gasteiger partial charge in [0, 0.05) is 17.8 Å². The van der Waals surface area contributed by atoms with Gasteiger partial charge < -0.3 is 15.2 Å². The van der Waals surface area contributed by atoms with Gasteiger partial charge in [0.1, 0.15) is 5.60 Å². The van der Waals surface area contributed by atoms with Crippen molar-refractivity contribution in [3.05, 3.63) is 29.9 Å². The van der Waals surface area contributed by atoms with Crippen LogP contribution in [-0.4, -0.2) is 38.9 Å². The zero-order valence-corrected chi connectivity index (χ0v) is 17.6. The van der Waals surface area contributed by atoms with Crippen molar-refractivity contribution in [2.24, 2.45) is 17.3 Å². The number of aromatic nitrogens is 2. The first-order chi connectivity index (χ1) is 14.5. The minimum absolute atomic E-state index is 0.0266. The van der Waals surface area contributed by atoms with Gasteiger partial charge >= 0.3 is 0 Å². The van der Waals surface area contributed by atoms with E-state index in [2.05, 4.69) is 15.3 Å². The molecule has 1 aromatic rings. The van der Waals surface area contributed by atoms with Gasteiger partial charge in [-0.1, -0.05) is 12.8 Å². The van der Waals surface area contributed by atoms with Crippen molar-refractivity contribution in [1.29, 1.82) is 0 Å². The first-order valence-corrected chi connectivity index (χ1v) is 11.5. The molecule has 2 N–H and O–H groups in total. The molecule has 7 nitrogen and oxygen atoms in total. The molecular weight excluding hydrogens is 380 g/mol. The fourth-order valence-corrected chi connectivity index (χ4v) is 7.23. The molecule has 7 heteroatoms. The lowest BCUT2D eigenvalue weighted by atomic mass is 9.60. The van der Waals surface area contributed by atoms with Gasteiger partial charge in [0.2, 0.25) is 11.8 Å². The Hall–Kier alpha value is -2.15. The predicted molar refractivity (Wildman–Crippen MR) is 110 cm³/mol. The SMILES string of the molecule is CC1=C(O)N(c2ncccn2)C(C23CCC(CC2)CO3)(C23CCCCC2C3)NC1=O. The highest BCUT2D eigenvalue weighted by atomic mass is 16.5. The third-order valence-electron chi connectivity index (χ3n) is 8.82. The molecule has 5 fully saturated rings. The highest BCUT2D eigenvalue weighted by Gasteiger charge is 2.78. The lowest BCUT2D eigenvalue weighted by Crippen LogP contribution is -2.81. The summed E-state index contributed by atoms with van der Waals surface area (Å²) in [6, 6.07) is 1.78. The number of anilines is 1. The Bertz CT molecular complexity index is 897. The second-order valence-electron chi connectivity index (χ2n) is 10.0. The molecule has 1 aromatic heterocycles. The third kappa shape index (κ3) is 2.17. The van der Waals surface area contributed by atoms with Crippen molar-refractivity contribution in [3.8, 4) is 0 Å². The quantitative estimate of drug-likeness (QED) is 0.794. The number of fused-ring (bicyclic) bond motifs is 4. The van der Waals surface area contributed by atoms with Crippen molar-refractivity contribution >= 4 is 11.9 Å². The van der Waals surface area contributed by atoms with Crippen LogP contribution in [0.3, 0.4) is 0 Å². The summed E-state index contributed by atoms with van der Waals surface area (Å²) in [6.07, 6.45) is 13.0. The lowest BCUT2D eigenvalue weighted by molar-refractivity contribution is -0.212. The minimum Gasteiger partial charge on any atom is -0.494 e. The van der Waals surface area contributed by atoms with Crippen LogP contribution in [0.4, 0.5) is 5.95 Å². The van der Waals surface area contributed by atoms with Gasteiger partial charge in [0.25, 0.3) is 5.91 Å². The highest BCUT2D eigenvalue weighted by molar-refractivity contribution is 5.96. The molecule has 3 saturated carbocycles. The molecule has 0 spiro atoms. The summed E-state index contributed by atoms with van der Waals surface area (Å²) in [4.78, 5) is 24.2. The largest absolute Gasteiger partial charge is 0.494 e. The molecule has 0 radical (unpaired) electrons. The van der Waals surface area contributed by atoms with E-state index >= 15 is 0 Å². The van der Waals surface area contributed by atoms with E-state index in [4.69, 9.17) is 4.74 Å². The fourth-order valence-electron chi connectivity index (χ4n) is 7.23. The van der Waals surface area contributed by atoms with Crippen LogP contribution >= 0.6 is 0 Å². The number of carbonyl (C=O) groups excluding carboxylic acids is 1. The molecule has 0 aromatic carbocycles. The summed E-state index contributed by atoms with van der Waals surface area (Å²) in [5, 5.41) is 14.9. The molecule has 1 amide bonds. The van der Waals surface area contributed by atoms with Crippen LogP contribution in [0.5, 0.6) is 0 Å². The molecule has 3 aliphatic heterocycles. The average molecular weight is 411 g/mol. The number of ether oxygens (including phenoxy) is 1. The van der Waals surface area contributed by atoms with E-state index in [0.29, 0.717) is 23.4 Å². The Kier molecular flexibility index (Phi) is 3.84. The standard InChI is InChI=1S/C23H30N4O3/c1-15-18(28)26-23(21-8-3-2-5-17(21)13-21,22-9-6-16(7-10-22)14-30-22)27(19(15)29)20-24-11-4-12-25-20/h4,11-12,16-17,29H,2-3,5-10,13-14H2,1H3,(H,26,28). The molecule has 6 aliphatic rings. The number of nitrogens with zero attached hydrogens (tertiary/aromatic N) is 3. The Morgan fingerprint density at radius 2 is 1.93 bits per heavy atom. The Balaban J connectivity index is 1.62. The molecule has 3 atom stereocenters. The van der Waals surface area contributed by atoms with E-state index in [1.54, 1.807) is 25.4 Å². The van der Waals surface area contributed by atoms with Gasteiger partial charge in [0.15, 0.2) is 5.66 Å². The predicted octanol–water partition coefficient (Wildman–Crippen LogP) is 3.44. The maximum atomic E-state index is 13.3. The van der Waals surface area contributed by atoms with E-state index in [0.717, 1.165) is 51.6 Å². The maximum Gasteiger partial charge on any atom is 0.254 e. The van der Waals surface area contributed by atoms with Crippen molar-refractivity contribution in [1.82, 2.24) is 15.3 Å². The summed E-state index contributed by atoms with van der Waals surface area (Å²) in [6.45, 7) is 2.40. The molecule has 160 valence electrons. The van der Waals surface area contributed by atoms with E-state index < -0.39 is 11.3 Å². The first kappa shape index (κ1) is 18.6. The summed E-state index contributed by atoms with van der Waals surface area (Å²) in [5.41, 5.74) is -1.22. The van der Waals surface area contributed by atoms with Gasteiger partial charge in [-0.3, -0.25) is 9.69 Å². The van der Waals surface area contributed by atoms with Gasteiger partial charge in [-0.2, -0.15) is 0 Å². The molecule has 3 unspecified atom stereocenters. The summed E-state index contributed by atoms with van der Waals surface area (Å²) >= 11 is 0. The van der Waals surface area contributed by atoms with Gasteiger partial charge in [-0.25, -0.2) is 9.97 Å². The Morgan fingerprint density at radius 1 is 1.17 bits per heavy atom. The van der Waals surface area contributed by atoms with Crippen molar-refractivity contribution < 1.29 is 14.6 Å². The topological polar surface area (TPSA) is 87.6 Å². The molecule has 30 heavy (non-hydrogen) atoms. The van der Waals surface area contributed by atoms with Crippen LogP contribution in [0.15, 0.2) is 29.9 Å². The van der Waals surface area contributed by atoms with Crippen LogP contribution in [-0.2, 0) is 9.53 Å². The van der Waals surface area contributed by atoms with Crippen LogP contribution in [0.1, 0.15) is 64.7 Å². The third-order valence-corrected chi connectivity index (χ3v) is 8.82. The van der Waals surface area contributed by atoms with Crippen molar-refractivity contribution in [2.75, 3.05) is 11.5 Å². The summed E-state index contributed by atoms with van der Waals surface area (Å²) in [5.74, 6) is 1.35. The first-order valence-electron chi connectivity index (χ1n) is 11.5. The van der Waals surface area contributed by atoms with E-state index in [1.165, 1.54) is 12.8 Å². The molecule has 4 heterocycles. The Morgan fingerprint density at radius 3 is 2.60 bits per heavy atom. The normalized spacial score (nSPS) is 42.7. The van der Waals surface area contributed by atoms with Gasteiger partial charge in [-0.15, -0.1) is 0 Å². The van der Waals surface area contributed by atoms with E-state index in [9.17, 15) is 9.90 Å². The molecular formula is C23H30N4O3. The van der Waals surface area contributed by atoms with Gasteiger partial charge in [-0.05, 0) is 69.8 Å². The number of amides is 1. The highest BCUT2D eigenvalue weighted by Crippen LogP contribution is 2.72. The smallest absolute Gasteiger partial charge is 0.254 e. The fraction of sp³-hybridized carbons (Fsp3) is 0.696. The number of rotatable bonds is 3. The maximum absolute atomic E-state index is 13.3. The number of aliphatic hydroxyl groups is 1. The second-order valence-corrected chi connectivity index (χ2v) is 10.0. The van der Waals surface area contributed by atoms with Crippen molar-refractivity contribution in [3.63, 3.8) is 0 Å².